The van der Waals surface area contributed by atoms with E-state index < -0.39 is 0 Å². The van der Waals surface area contributed by atoms with Crippen molar-refractivity contribution in [3.05, 3.63) is 52.3 Å². The van der Waals surface area contributed by atoms with Crippen molar-refractivity contribution < 1.29 is 4.79 Å². The summed E-state index contributed by atoms with van der Waals surface area (Å²) in [6.45, 7) is 3.18. The van der Waals surface area contributed by atoms with Crippen molar-refractivity contribution in [3.63, 3.8) is 0 Å². The number of ketones is 1. The highest BCUT2D eigenvalue weighted by atomic mass is 32.1. The molecule has 0 fully saturated rings. The topological polar surface area (TPSA) is 50.8 Å². The molecule has 0 unspecified atom stereocenters. The number of para-hydroxylation sites is 2. The van der Waals surface area contributed by atoms with Gasteiger partial charge in [-0.2, -0.15) is 0 Å². The van der Waals surface area contributed by atoms with Crippen LogP contribution in [0.1, 0.15) is 29.4 Å². The van der Waals surface area contributed by atoms with E-state index in [2.05, 4.69) is 6.92 Å². The van der Waals surface area contributed by atoms with E-state index >= 15 is 0 Å². The molecule has 3 aromatic rings. The molecule has 2 aromatic heterocycles. The van der Waals surface area contributed by atoms with Crippen LogP contribution in [0, 0.1) is 5.41 Å². The molecule has 0 spiro atoms. The first-order valence-electron chi connectivity index (χ1n) is 7.51. The number of Topliss-reactive ketones (excluding diaryl/α,β-unsaturated/α-hetero) is 1. The van der Waals surface area contributed by atoms with Gasteiger partial charge in [0.25, 0.3) is 0 Å². The molecule has 4 nitrogen and oxygen atoms in total. The van der Waals surface area contributed by atoms with Crippen LogP contribution >= 0.6 is 11.3 Å². The van der Waals surface area contributed by atoms with Crippen LogP contribution in [0.15, 0.2) is 41.8 Å². The van der Waals surface area contributed by atoms with E-state index in [1.54, 1.807) is 0 Å². The summed E-state index contributed by atoms with van der Waals surface area (Å²) < 4.78 is 3.81. The van der Waals surface area contributed by atoms with Crippen LogP contribution in [0.2, 0.25) is 0 Å². The number of fused-ring (bicyclic) bond motifs is 1. The van der Waals surface area contributed by atoms with E-state index in [1.807, 2.05) is 50.9 Å². The molecule has 0 saturated carbocycles. The second-order valence-corrected chi connectivity index (χ2v) is 6.25. The molecule has 0 amide bonds. The molecule has 0 aliphatic rings. The van der Waals surface area contributed by atoms with Crippen LogP contribution in [0.5, 0.6) is 0 Å². The molecule has 114 valence electrons. The van der Waals surface area contributed by atoms with Crippen molar-refractivity contribution >= 4 is 28.2 Å². The molecule has 0 bridgehead atoms. The van der Waals surface area contributed by atoms with E-state index in [-0.39, 0.29) is 12.3 Å². The van der Waals surface area contributed by atoms with Crippen LogP contribution in [0.25, 0.3) is 11.0 Å². The number of unbranched alkanes of at least 4 members (excludes halogenated alkanes) is 1. The molecule has 0 radical (unpaired) electrons. The highest BCUT2D eigenvalue weighted by Gasteiger charge is 2.14. The number of thiophene rings is 1. The van der Waals surface area contributed by atoms with Gasteiger partial charge in [0, 0.05) is 6.54 Å². The molecule has 0 aliphatic heterocycles. The second-order valence-electron chi connectivity index (χ2n) is 5.30. The van der Waals surface area contributed by atoms with Crippen LogP contribution in [0.4, 0.5) is 0 Å². The van der Waals surface area contributed by atoms with E-state index in [4.69, 9.17) is 5.41 Å². The van der Waals surface area contributed by atoms with Gasteiger partial charge in [-0.3, -0.25) is 10.2 Å². The Labute approximate surface area is 133 Å². The number of aryl methyl sites for hydroxylation is 1. The summed E-state index contributed by atoms with van der Waals surface area (Å²) in [5.41, 5.74) is 2.38. The van der Waals surface area contributed by atoms with E-state index in [9.17, 15) is 4.79 Å². The third kappa shape index (κ3) is 2.64. The third-order valence-electron chi connectivity index (χ3n) is 3.81. The number of rotatable bonds is 6. The largest absolute Gasteiger partial charge is 0.310 e. The zero-order valence-corrected chi connectivity index (χ0v) is 13.4. The molecular formula is C17H19N3OS. The van der Waals surface area contributed by atoms with E-state index in [0.29, 0.717) is 5.62 Å². The Morgan fingerprint density at radius 1 is 1.14 bits per heavy atom. The first-order chi connectivity index (χ1) is 10.7. The number of carbonyl (C=O) groups excluding carboxylic acids is 1. The van der Waals surface area contributed by atoms with E-state index in [0.717, 1.165) is 35.3 Å². The highest BCUT2D eigenvalue weighted by Crippen LogP contribution is 2.16. The minimum Gasteiger partial charge on any atom is -0.310 e. The first kappa shape index (κ1) is 14.8. The van der Waals surface area contributed by atoms with Crippen LogP contribution < -0.4 is 5.62 Å². The van der Waals surface area contributed by atoms with Gasteiger partial charge in [0.15, 0.2) is 5.78 Å². The zero-order valence-electron chi connectivity index (χ0n) is 12.6. The number of aromatic nitrogens is 2. The molecule has 1 N–H and O–H groups in total. The number of hydrogen-bond donors (Lipinski definition) is 1. The number of hydrogen-bond acceptors (Lipinski definition) is 3. The lowest BCUT2D eigenvalue weighted by Crippen LogP contribution is -2.27. The smallest absolute Gasteiger partial charge is 0.203 e. The minimum absolute atomic E-state index is 0.0619. The predicted molar refractivity (Wildman–Crippen MR) is 89.3 cm³/mol. The molecular weight excluding hydrogens is 294 g/mol. The average Bonchev–Trinajstić information content (AvgIpc) is 3.14. The molecule has 0 aliphatic carbocycles. The van der Waals surface area contributed by atoms with Gasteiger partial charge >= 0.3 is 0 Å². The molecule has 2 heterocycles. The summed E-state index contributed by atoms with van der Waals surface area (Å²) >= 11 is 1.45. The lowest BCUT2D eigenvalue weighted by Gasteiger charge is -2.03. The maximum absolute atomic E-state index is 12.4. The zero-order chi connectivity index (χ0) is 15.5. The number of imidazole rings is 1. The van der Waals surface area contributed by atoms with Gasteiger partial charge in [-0.25, -0.2) is 0 Å². The Hall–Kier alpha value is -2.14. The van der Waals surface area contributed by atoms with Crippen molar-refractivity contribution in [2.24, 2.45) is 0 Å². The molecule has 0 saturated heterocycles. The number of nitrogens with one attached hydrogen (secondary N) is 1. The van der Waals surface area contributed by atoms with Gasteiger partial charge in [0.05, 0.1) is 22.5 Å². The van der Waals surface area contributed by atoms with Gasteiger partial charge in [-0.15, -0.1) is 11.3 Å². The number of nitrogens with zero attached hydrogens (tertiary/aromatic N) is 2. The normalized spacial score (nSPS) is 11.1. The lowest BCUT2D eigenvalue weighted by molar-refractivity contribution is 0.0975. The maximum Gasteiger partial charge on any atom is 0.203 e. The van der Waals surface area contributed by atoms with Crippen molar-refractivity contribution in [1.82, 2.24) is 9.13 Å². The van der Waals surface area contributed by atoms with Crippen molar-refractivity contribution in [3.8, 4) is 0 Å². The summed E-state index contributed by atoms with van der Waals surface area (Å²) in [7, 11) is 0. The standard InChI is InChI=1S/C17H19N3OS/c1-2-3-10-19-13-7-4-5-8-14(13)20(17(19)18)12-15(21)16-9-6-11-22-16/h4-9,11,18H,2-3,10,12H2,1H3. The maximum atomic E-state index is 12.4. The Bertz CT molecular complexity index is 843. The molecule has 3 rings (SSSR count). The summed E-state index contributed by atoms with van der Waals surface area (Å²) in [4.78, 5) is 13.1. The van der Waals surface area contributed by atoms with Crippen molar-refractivity contribution in [2.75, 3.05) is 0 Å². The van der Waals surface area contributed by atoms with Crippen LogP contribution in [-0.4, -0.2) is 14.9 Å². The molecule has 0 atom stereocenters. The second kappa shape index (κ2) is 6.32. The highest BCUT2D eigenvalue weighted by molar-refractivity contribution is 7.12. The fourth-order valence-corrected chi connectivity index (χ4v) is 3.31. The monoisotopic (exact) mass is 313 g/mol. The Balaban J connectivity index is 2.04. The Morgan fingerprint density at radius 3 is 2.50 bits per heavy atom. The van der Waals surface area contributed by atoms with Gasteiger partial charge in [0.1, 0.15) is 0 Å². The predicted octanol–water partition coefficient (Wildman–Crippen LogP) is 3.67. The van der Waals surface area contributed by atoms with E-state index in [1.165, 1.54) is 11.3 Å². The Morgan fingerprint density at radius 2 is 1.86 bits per heavy atom. The molecule has 1 aromatic carbocycles. The molecule has 22 heavy (non-hydrogen) atoms. The van der Waals surface area contributed by atoms with Crippen molar-refractivity contribution in [2.45, 2.75) is 32.9 Å². The molecule has 5 heteroatoms. The number of benzene rings is 1. The Kier molecular flexibility index (Phi) is 4.24. The lowest BCUT2D eigenvalue weighted by atomic mass is 10.3. The van der Waals surface area contributed by atoms with Gasteiger partial charge < -0.3 is 9.13 Å². The number of carbonyl (C=O) groups is 1. The average molecular weight is 313 g/mol. The fraction of sp³-hybridized carbons (Fsp3) is 0.294. The first-order valence-corrected chi connectivity index (χ1v) is 8.39. The summed E-state index contributed by atoms with van der Waals surface area (Å²) in [5.74, 6) is 0.0619. The van der Waals surface area contributed by atoms with Crippen molar-refractivity contribution in [1.29, 1.82) is 5.41 Å². The van der Waals surface area contributed by atoms with Gasteiger partial charge in [-0.1, -0.05) is 31.5 Å². The van der Waals surface area contributed by atoms with Gasteiger partial charge in [0.2, 0.25) is 5.62 Å². The van der Waals surface area contributed by atoms with Crippen LogP contribution in [0.3, 0.4) is 0 Å². The summed E-state index contributed by atoms with van der Waals surface area (Å²) in [6.07, 6.45) is 2.11. The SMILES string of the molecule is CCCCn1c(=N)n(CC(=O)c2cccs2)c2ccccc21. The van der Waals surface area contributed by atoms with Gasteiger partial charge in [-0.05, 0) is 30.0 Å². The third-order valence-corrected chi connectivity index (χ3v) is 4.72. The summed E-state index contributed by atoms with van der Waals surface area (Å²) in [6, 6.07) is 11.7. The van der Waals surface area contributed by atoms with Crippen LogP contribution in [-0.2, 0) is 13.1 Å². The quantitative estimate of drug-likeness (QED) is 0.694. The minimum atomic E-state index is 0.0619. The summed E-state index contributed by atoms with van der Waals surface area (Å²) in [5, 5.41) is 10.4. The fourth-order valence-electron chi connectivity index (χ4n) is 2.66.